The zero-order valence-corrected chi connectivity index (χ0v) is 6.38. The molecule has 1 aliphatic rings. The molecule has 2 atom stereocenters. The van der Waals surface area contributed by atoms with Gasteiger partial charge in [-0.25, -0.2) is 4.79 Å². The van der Waals surface area contributed by atoms with E-state index in [2.05, 4.69) is 0 Å². The van der Waals surface area contributed by atoms with Crippen LogP contribution < -0.4 is 0 Å². The van der Waals surface area contributed by atoms with E-state index < -0.39 is 18.2 Å². The molecule has 0 aromatic rings. The second kappa shape index (κ2) is 4.04. The summed E-state index contributed by atoms with van der Waals surface area (Å²) in [6, 6.07) is 0. The molecule has 2 unspecified atom stereocenters. The molecule has 0 radical (unpaired) electrons. The Kier molecular flexibility index (Phi) is 3.01. The highest BCUT2D eigenvalue weighted by atomic mass is 16.6. The van der Waals surface area contributed by atoms with E-state index in [4.69, 9.17) is 9.84 Å². The van der Waals surface area contributed by atoms with Crippen LogP contribution >= 0.6 is 0 Å². The molecule has 0 saturated heterocycles. The third-order valence-corrected chi connectivity index (χ3v) is 1.45. The second-order valence-corrected chi connectivity index (χ2v) is 2.36. The number of carbonyl (C=O) groups is 1. The first-order valence-electron chi connectivity index (χ1n) is 3.58. The number of aliphatic hydroxyl groups excluding tert-OH is 2. The lowest BCUT2D eigenvalue weighted by Crippen LogP contribution is -2.31. The molecule has 1 aliphatic heterocycles. The van der Waals surface area contributed by atoms with Crippen LogP contribution in [0.2, 0.25) is 0 Å². The lowest BCUT2D eigenvalue weighted by Gasteiger charge is -2.20. The number of hydrogen-bond donors (Lipinski definition) is 2. The van der Waals surface area contributed by atoms with Crippen LogP contribution in [-0.4, -0.2) is 35.0 Å². The predicted octanol–water partition coefficient (Wildman–Crippen LogP) is -0.623. The number of hydrogen-bond acceptors (Lipinski definition) is 4. The highest BCUT2D eigenvalue weighted by Crippen LogP contribution is 2.09. The summed E-state index contributed by atoms with van der Waals surface area (Å²) < 4.78 is 4.73. The van der Waals surface area contributed by atoms with Crippen molar-refractivity contribution < 1.29 is 19.7 Å². The highest BCUT2D eigenvalue weighted by Gasteiger charge is 2.21. The topological polar surface area (TPSA) is 66.8 Å². The molecule has 0 saturated carbocycles. The molecule has 66 valence electrons. The van der Waals surface area contributed by atoms with Crippen molar-refractivity contribution in [3.8, 4) is 0 Å². The van der Waals surface area contributed by atoms with Crippen LogP contribution in [0.5, 0.6) is 0 Å². The Balaban J connectivity index is 2.59. The zero-order valence-electron chi connectivity index (χ0n) is 6.38. The predicted molar refractivity (Wildman–Crippen MR) is 41.3 cm³/mol. The lowest BCUT2D eigenvalue weighted by atomic mass is 10.1. The van der Waals surface area contributed by atoms with Crippen LogP contribution in [0, 0.1) is 0 Å². The van der Waals surface area contributed by atoms with Gasteiger partial charge in [0.1, 0.15) is 12.2 Å². The number of esters is 1. The van der Waals surface area contributed by atoms with Crippen LogP contribution in [-0.2, 0) is 9.53 Å². The van der Waals surface area contributed by atoms with Crippen molar-refractivity contribution in [2.45, 2.75) is 12.2 Å². The van der Waals surface area contributed by atoms with Crippen molar-refractivity contribution in [3.05, 3.63) is 24.3 Å². The van der Waals surface area contributed by atoms with Crippen molar-refractivity contribution in [3.63, 3.8) is 0 Å². The lowest BCUT2D eigenvalue weighted by molar-refractivity contribution is -0.146. The van der Waals surface area contributed by atoms with Gasteiger partial charge in [0.05, 0.1) is 6.61 Å². The number of rotatable bonds is 2. The molecule has 2 N–H and O–H groups in total. The summed E-state index contributed by atoms with van der Waals surface area (Å²) in [5, 5.41) is 17.6. The molecular weight excluding hydrogens is 160 g/mol. The maximum atomic E-state index is 10.7. The van der Waals surface area contributed by atoms with Gasteiger partial charge in [0.2, 0.25) is 0 Å². The second-order valence-electron chi connectivity index (χ2n) is 2.36. The third kappa shape index (κ3) is 2.18. The number of aliphatic hydroxyl groups is 2. The molecule has 1 rings (SSSR count). The average Bonchev–Trinajstić information content (AvgIpc) is 2.07. The SMILES string of the molecule is O=C1C=CC(O)C(/C=C/CO)O1. The van der Waals surface area contributed by atoms with E-state index in [-0.39, 0.29) is 6.61 Å². The third-order valence-electron chi connectivity index (χ3n) is 1.45. The maximum absolute atomic E-state index is 10.7. The van der Waals surface area contributed by atoms with Gasteiger partial charge in [0.25, 0.3) is 0 Å². The summed E-state index contributed by atoms with van der Waals surface area (Å²) >= 11 is 0. The summed E-state index contributed by atoms with van der Waals surface area (Å²) in [6.45, 7) is -0.134. The fourth-order valence-electron chi connectivity index (χ4n) is 0.878. The Morgan fingerprint density at radius 1 is 1.67 bits per heavy atom. The summed E-state index contributed by atoms with van der Waals surface area (Å²) in [5.74, 6) is -0.479. The van der Waals surface area contributed by atoms with E-state index in [0.29, 0.717) is 0 Å². The van der Waals surface area contributed by atoms with Crippen LogP contribution in [0.1, 0.15) is 0 Å². The van der Waals surface area contributed by atoms with Gasteiger partial charge in [0, 0.05) is 6.08 Å². The summed E-state index contributed by atoms with van der Waals surface area (Å²) in [7, 11) is 0. The molecule has 1 heterocycles. The fraction of sp³-hybridized carbons (Fsp3) is 0.375. The van der Waals surface area contributed by atoms with Crippen molar-refractivity contribution >= 4 is 5.97 Å². The maximum Gasteiger partial charge on any atom is 0.331 e. The monoisotopic (exact) mass is 170 g/mol. The van der Waals surface area contributed by atoms with Crippen LogP contribution in [0.4, 0.5) is 0 Å². The number of cyclic esters (lactones) is 1. The van der Waals surface area contributed by atoms with E-state index in [0.717, 1.165) is 0 Å². The van der Waals surface area contributed by atoms with E-state index >= 15 is 0 Å². The molecule has 0 spiro atoms. The molecule has 12 heavy (non-hydrogen) atoms. The highest BCUT2D eigenvalue weighted by molar-refractivity contribution is 5.83. The molecule has 0 fully saturated rings. The van der Waals surface area contributed by atoms with Crippen molar-refractivity contribution in [1.82, 2.24) is 0 Å². The molecule has 0 aliphatic carbocycles. The van der Waals surface area contributed by atoms with Crippen molar-refractivity contribution in [2.75, 3.05) is 6.61 Å². The minimum Gasteiger partial charge on any atom is -0.452 e. The first-order valence-corrected chi connectivity index (χ1v) is 3.58. The van der Waals surface area contributed by atoms with Gasteiger partial charge >= 0.3 is 5.97 Å². The van der Waals surface area contributed by atoms with Gasteiger partial charge in [-0.1, -0.05) is 6.08 Å². The van der Waals surface area contributed by atoms with Crippen LogP contribution in [0.25, 0.3) is 0 Å². The first-order chi connectivity index (χ1) is 5.74. The fourth-order valence-corrected chi connectivity index (χ4v) is 0.878. The molecule has 0 bridgehead atoms. The normalized spacial score (nSPS) is 29.3. The largest absolute Gasteiger partial charge is 0.452 e. The molecule has 0 aromatic heterocycles. The van der Waals surface area contributed by atoms with E-state index in [1.807, 2.05) is 0 Å². The Morgan fingerprint density at radius 2 is 2.42 bits per heavy atom. The Bertz CT molecular complexity index is 219. The van der Waals surface area contributed by atoms with Gasteiger partial charge in [-0.2, -0.15) is 0 Å². The van der Waals surface area contributed by atoms with Crippen LogP contribution in [0.3, 0.4) is 0 Å². The Morgan fingerprint density at radius 3 is 3.08 bits per heavy atom. The Labute approximate surface area is 69.8 Å². The zero-order chi connectivity index (χ0) is 8.97. The number of ether oxygens (including phenoxy) is 1. The quantitative estimate of drug-likeness (QED) is 0.428. The van der Waals surface area contributed by atoms with E-state index in [9.17, 15) is 9.90 Å². The molecule has 0 amide bonds. The molecule has 4 heteroatoms. The molecule has 4 nitrogen and oxygen atoms in total. The van der Waals surface area contributed by atoms with Gasteiger partial charge in [-0.15, -0.1) is 0 Å². The van der Waals surface area contributed by atoms with Crippen LogP contribution in [0.15, 0.2) is 24.3 Å². The van der Waals surface area contributed by atoms with E-state index in [1.54, 1.807) is 0 Å². The van der Waals surface area contributed by atoms with Gasteiger partial charge in [-0.3, -0.25) is 0 Å². The summed E-state index contributed by atoms with van der Waals surface area (Å²) in [5.41, 5.74) is 0. The molecule has 0 aromatic carbocycles. The summed E-state index contributed by atoms with van der Waals surface area (Å²) in [6.07, 6.45) is 3.92. The van der Waals surface area contributed by atoms with Gasteiger partial charge in [0.15, 0.2) is 0 Å². The van der Waals surface area contributed by atoms with Crippen molar-refractivity contribution in [2.24, 2.45) is 0 Å². The summed E-state index contributed by atoms with van der Waals surface area (Å²) in [4.78, 5) is 10.7. The van der Waals surface area contributed by atoms with Crippen molar-refractivity contribution in [1.29, 1.82) is 0 Å². The van der Waals surface area contributed by atoms with E-state index in [1.165, 1.54) is 24.3 Å². The van der Waals surface area contributed by atoms with Gasteiger partial charge < -0.3 is 14.9 Å². The first kappa shape index (κ1) is 8.96. The number of carbonyl (C=O) groups excluding carboxylic acids is 1. The smallest absolute Gasteiger partial charge is 0.331 e. The minimum absolute atomic E-state index is 0.134. The minimum atomic E-state index is -0.814. The van der Waals surface area contributed by atoms with Gasteiger partial charge in [-0.05, 0) is 12.2 Å². The standard InChI is InChI=1S/C8H10O4/c9-5-1-2-7-6(10)3-4-8(11)12-7/h1-4,6-7,9-10H,5H2/b2-1+. The molecular formula is C8H10O4. The average molecular weight is 170 g/mol. The Hall–Kier alpha value is -1.13.